The molecule has 2 N–H and O–H groups in total. The van der Waals surface area contributed by atoms with Crippen LogP contribution in [0.5, 0.6) is 0 Å². The van der Waals surface area contributed by atoms with E-state index in [0.717, 1.165) is 12.2 Å². The predicted molar refractivity (Wildman–Crippen MR) is 70.2 cm³/mol. The van der Waals surface area contributed by atoms with Gasteiger partial charge in [0.15, 0.2) is 0 Å². The van der Waals surface area contributed by atoms with Gasteiger partial charge in [-0.15, -0.1) is 0 Å². The highest BCUT2D eigenvalue weighted by atomic mass is 16.1. The van der Waals surface area contributed by atoms with Crippen LogP contribution in [0.2, 0.25) is 0 Å². The highest BCUT2D eigenvalue weighted by Gasteiger charge is 2.05. The molecule has 0 bridgehead atoms. The molecule has 0 spiro atoms. The quantitative estimate of drug-likeness (QED) is 0.767. The van der Waals surface area contributed by atoms with Gasteiger partial charge in [0.25, 0.3) is 5.91 Å². The van der Waals surface area contributed by atoms with E-state index in [4.69, 9.17) is 0 Å². The summed E-state index contributed by atoms with van der Waals surface area (Å²) in [5, 5.41) is 5.94. The summed E-state index contributed by atoms with van der Waals surface area (Å²) in [4.78, 5) is 15.6. The summed E-state index contributed by atoms with van der Waals surface area (Å²) in [6, 6.07) is 3.60. The third-order valence-corrected chi connectivity index (χ3v) is 2.15. The molecule has 4 heteroatoms. The molecular weight excluding hydrogens is 214 g/mol. The molecule has 4 nitrogen and oxygen atoms in total. The van der Waals surface area contributed by atoms with Crippen LogP contribution in [0.15, 0.2) is 30.0 Å². The van der Waals surface area contributed by atoms with Crippen LogP contribution in [-0.2, 0) is 0 Å². The molecule has 17 heavy (non-hydrogen) atoms. The Hall–Kier alpha value is -1.84. The Morgan fingerprint density at radius 2 is 2.24 bits per heavy atom. The zero-order valence-electron chi connectivity index (χ0n) is 10.6. The summed E-state index contributed by atoms with van der Waals surface area (Å²) in [6.45, 7) is 7.34. The minimum absolute atomic E-state index is 0.140. The number of carbonyl (C=O) groups excluding carboxylic acids is 1. The SMILES string of the molecule is CCNC(=O)c1cc(NCC=C(C)C)ccn1. The van der Waals surface area contributed by atoms with Crippen LogP contribution >= 0.6 is 0 Å². The van der Waals surface area contributed by atoms with Crippen LogP contribution in [0.3, 0.4) is 0 Å². The van der Waals surface area contributed by atoms with Crippen LogP contribution in [0.4, 0.5) is 5.69 Å². The average molecular weight is 233 g/mol. The molecule has 1 aromatic heterocycles. The molecule has 0 atom stereocenters. The molecule has 0 fully saturated rings. The normalized spacial score (nSPS) is 9.59. The number of nitrogens with zero attached hydrogens (tertiary/aromatic N) is 1. The zero-order valence-corrected chi connectivity index (χ0v) is 10.6. The second-order valence-corrected chi connectivity index (χ2v) is 3.95. The largest absolute Gasteiger partial charge is 0.381 e. The number of nitrogens with one attached hydrogen (secondary N) is 2. The van der Waals surface area contributed by atoms with Crippen LogP contribution in [0.1, 0.15) is 31.3 Å². The molecule has 0 aliphatic heterocycles. The number of aromatic nitrogens is 1. The van der Waals surface area contributed by atoms with Crippen molar-refractivity contribution in [1.82, 2.24) is 10.3 Å². The van der Waals surface area contributed by atoms with Gasteiger partial charge in [0, 0.05) is 25.0 Å². The van der Waals surface area contributed by atoms with Crippen molar-refractivity contribution in [2.24, 2.45) is 0 Å². The van der Waals surface area contributed by atoms with E-state index in [-0.39, 0.29) is 5.91 Å². The molecule has 0 aromatic carbocycles. The summed E-state index contributed by atoms with van der Waals surface area (Å²) < 4.78 is 0. The third kappa shape index (κ3) is 4.68. The molecule has 1 rings (SSSR count). The van der Waals surface area contributed by atoms with Gasteiger partial charge in [0.2, 0.25) is 0 Å². The van der Waals surface area contributed by atoms with Crippen molar-refractivity contribution < 1.29 is 4.79 Å². The molecule has 1 heterocycles. The molecule has 92 valence electrons. The van der Waals surface area contributed by atoms with E-state index in [0.29, 0.717) is 12.2 Å². The van der Waals surface area contributed by atoms with Crippen molar-refractivity contribution in [3.05, 3.63) is 35.7 Å². The first-order chi connectivity index (χ1) is 8.13. The number of hydrogen-bond donors (Lipinski definition) is 2. The third-order valence-electron chi connectivity index (χ3n) is 2.15. The Kier molecular flexibility index (Phi) is 5.20. The van der Waals surface area contributed by atoms with Gasteiger partial charge in [0.1, 0.15) is 5.69 Å². The molecule has 0 unspecified atom stereocenters. The Balaban J connectivity index is 2.66. The van der Waals surface area contributed by atoms with Crippen molar-refractivity contribution in [2.45, 2.75) is 20.8 Å². The van der Waals surface area contributed by atoms with Gasteiger partial charge in [-0.05, 0) is 32.9 Å². The maximum atomic E-state index is 11.6. The van der Waals surface area contributed by atoms with Crippen molar-refractivity contribution in [3.8, 4) is 0 Å². The average Bonchev–Trinajstić information content (AvgIpc) is 2.29. The van der Waals surface area contributed by atoms with Gasteiger partial charge in [-0.2, -0.15) is 0 Å². The molecule has 0 aliphatic carbocycles. The highest BCUT2D eigenvalue weighted by Crippen LogP contribution is 2.07. The van der Waals surface area contributed by atoms with Gasteiger partial charge in [0.05, 0.1) is 0 Å². The zero-order chi connectivity index (χ0) is 12.7. The molecule has 1 amide bonds. The van der Waals surface area contributed by atoms with E-state index >= 15 is 0 Å². The first kappa shape index (κ1) is 13.2. The standard InChI is InChI=1S/C13H19N3O/c1-4-14-13(17)12-9-11(6-8-16-12)15-7-5-10(2)3/h5-6,8-9H,4,7H2,1-3H3,(H,14,17)(H,15,16). The Morgan fingerprint density at radius 1 is 1.47 bits per heavy atom. The van der Waals surface area contributed by atoms with Crippen LogP contribution < -0.4 is 10.6 Å². The maximum absolute atomic E-state index is 11.6. The number of anilines is 1. The van der Waals surface area contributed by atoms with E-state index in [1.165, 1.54) is 5.57 Å². The summed E-state index contributed by atoms with van der Waals surface area (Å²) in [5.41, 5.74) is 2.60. The van der Waals surface area contributed by atoms with Gasteiger partial charge in [-0.3, -0.25) is 9.78 Å². The lowest BCUT2D eigenvalue weighted by Gasteiger charge is -2.06. The number of rotatable bonds is 5. The van der Waals surface area contributed by atoms with Crippen molar-refractivity contribution in [1.29, 1.82) is 0 Å². The smallest absolute Gasteiger partial charge is 0.269 e. The minimum atomic E-state index is -0.140. The van der Waals surface area contributed by atoms with Gasteiger partial charge < -0.3 is 10.6 Å². The van der Waals surface area contributed by atoms with Crippen LogP contribution in [0, 0.1) is 0 Å². The molecular formula is C13H19N3O. The molecule has 0 saturated heterocycles. The second-order valence-electron chi connectivity index (χ2n) is 3.95. The second kappa shape index (κ2) is 6.68. The fraction of sp³-hybridized carbons (Fsp3) is 0.385. The lowest BCUT2D eigenvalue weighted by molar-refractivity contribution is 0.0951. The van der Waals surface area contributed by atoms with Crippen molar-refractivity contribution >= 4 is 11.6 Å². The number of pyridine rings is 1. The lowest BCUT2D eigenvalue weighted by Crippen LogP contribution is -2.23. The van der Waals surface area contributed by atoms with Gasteiger partial charge in [-0.25, -0.2) is 0 Å². The fourth-order valence-electron chi connectivity index (χ4n) is 1.29. The van der Waals surface area contributed by atoms with E-state index in [9.17, 15) is 4.79 Å². The molecule has 0 aliphatic rings. The van der Waals surface area contributed by atoms with Gasteiger partial charge >= 0.3 is 0 Å². The lowest BCUT2D eigenvalue weighted by atomic mass is 10.3. The maximum Gasteiger partial charge on any atom is 0.269 e. The highest BCUT2D eigenvalue weighted by molar-refractivity contribution is 5.93. The monoisotopic (exact) mass is 233 g/mol. The summed E-state index contributed by atoms with van der Waals surface area (Å²) in [6.07, 6.45) is 3.72. The van der Waals surface area contributed by atoms with Crippen molar-refractivity contribution in [3.63, 3.8) is 0 Å². The fourth-order valence-corrected chi connectivity index (χ4v) is 1.29. The number of carbonyl (C=O) groups is 1. The van der Waals surface area contributed by atoms with E-state index < -0.39 is 0 Å². The Morgan fingerprint density at radius 3 is 2.88 bits per heavy atom. The molecule has 0 radical (unpaired) electrons. The number of amides is 1. The summed E-state index contributed by atoms with van der Waals surface area (Å²) >= 11 is 0. The van der Waals surface area contributed by atoms with E-state index in [1.54, 1.807) is 12.3 Å². The minimum Gasteiger partial charge on any atom is -0.381 e. The van der Waals surface area contributed by atoms with E-state index in [2.05, 4.69) is 21.7 Å². The number of hydrogen-bond acceptors (Lipinski definition) is 3. The van der Waals surface area contributed by atoms with Crippen LogP contribution in [-0.4, -0.2) is 24.0 Å². The Bertz CT molecular complexity index is 409. The van der Waals surface area contributed by atoms with Gasteiger partial charge in [-0.1, -0.05) is 11.6 Å². The molecule has 0 saturated carbocycles. The van der Waals surface area contributed by atoms with Crippen molar-refractivity contribution in [2.75, 3.05) is 18.4 Å². The number of allylic oxidation sites excluding steroid dienone is 1. The summed E-state index contributed by atoms with van der Waals surface area (Å²) in [5.74, 6) is -0.140. The topological polar surface area (TPSA) is 54.0 Å². The predicted octanol–water partition coefficient (Wildman–Crippen LogP) is 2.21. The molecule has 1 aromatic rings. The Labute approximate surface area is 102 Å². The first-order valence-corrected chi connectivity index (χ1v) is 5.75. The van der Waals surface area contributed by atoms with E-state index in [1.807, 2.05) is 26.8 Å². The summed E-state index contributed by atoms with van der Waals surface area (Å²) in [7, 11) is 0. The first-order valence-electron chi connectivity index (χ1n) is 5.75. The van der Waals surface area contributed by atoms with Crippen LogP contribution in [0.25, 0.3) is 0 Å².